The number of phosphoric acid groups is 2. The molecule has 0 saturated carbocycles. The van der Waals surface area contributed by atoms with Crippen molar-refractivity contribution in [2.75, 3.05) is 39.6 Å². The van der Waals surface area contributed by atoms with Crippen molar-refractivity contribution in [3.63, 3.8) is 0 Å². The Bertz CT molecular complexity index is 1970. The Balaban J connectivity index is 5.31. The predicted octanol–water partition coefficient (Wildman–Crippen LogP) is 22.3. The zero-order chi connectivity index (χ0) is 70.4. The van der Waals surface area contributed by atoms with E-state index in [0.717, 1.165) is 135 Å². The van der Waals surface area contributed by atoms with Crippen molar-refractivity contribution in [1.29, 1.82) is 0 Å². The minimum atomic E-state index is -4.97. The number of carbonyl (C=O) groups is 4. The Labute approximate surface area is 585 Å². The normalized spacial score (nSPS) is 14.1. The van der Waals surface area contributed by atoms with Gasteiger partial charge >= 0.3 is 39.5 Å². The number of hydrogen-bond donors (Lipinski definition) is 3. The molecule has 2 unspecified atom stereocenters. The number of ether oxygens (including phenoxy) is 4. The lowest BCUT2D eigenvalue weighted by atomic mass is 10.0. The molecule has 0 radical (unpaired) electrons. The quantitative estimate of drug-likeness (QED) is 0.0169. The number of esters is 4. The first-order valence-electron chi connectivity index (χ1n) is 39.2. The van der Waals surface area contributed by atoms with E-state index in [4.69, 9.17) is 37.0 Å². The number of carbonyl (C=O) groups excluding carboxylic acids is 4. The van der Waals surface area contributed by atoms with Gasteiger partial charge in [0.15, 0.2) is 12.2 Å². The molecule has 0 amide bonds. The summed E-state index contributed by atoms with van der Waals surface area (Å²) in [5, 5.41) is 10.6. The number of hydrogen-bond acceptors (Lipinski definition) is 15. The highest BCUT2D eigenvalue weighted by Gasteiger charge is 2.30. The summed E-state index contributed by atoms with van der Waals surface area (Å²) in [4.78, 5) is 72.8. The molecule has 0 aliphatic rings. The second kappa shape index (κ2) is 70.7. The second-order valence-corrected chi connectivity index (χ2v) is 29.6. The van der Waals surface area contributed by atoms with Crippen molar-refractivity contribution in [2.24, 2.45) is 0 Å². The zero-order valence-corrected chi connectivity index (χ0v) is 63.4. The molecule has 96 heavy (non-hydrogen) atoms. The summed E-state index contributed by atoms with van der Waals surface area (Å²) in [5.74, 6) is -2.16. The van der Waals surface area contributed by atoms with Crippen molar-refractivity contribution in [1.82, 2.24) is 0 Å². The van der Waals surface area contributed by atoms with E-state index in [1.54, 1.807) is 0 Å². The Kier molecular flexibility index (Phi) is 68.7. The number of rotatable bonds is 75. The Morgan fingerprint density at radius 1 is 0.281 bits per heavy atom. The molecule has 0 heterocycles. The number of phosphoric ester groups is 2. The molecule has 0 spiro atoms. The molecule has 0 aromatic carbocycles. The molecule has 0 aliphatic heterocycles. The molecule has 19 heteroatoms. The maximum atomic E-state index is 13.1. The van der Waals surface area contributed by atoms with Gasteiger partial charge in [0.25, 0.3) is 0 Å². The molecule has 0 rings (SSSR count). The van der Waals surface area contributed by atoms with E-state index < -0.39 is 97.5 Å². The van der Waals surface area contributed by atoms with Crippen molar-refractivity contribution in [3.05, 3.63) is 36.5 Å². The Hall–Kier alpha value is -2.72. The summed E-state index contributed by atoms with van der Waals surface area (Å²) in [6.07, 6.45) is 65.5. The summed E-state index contributed by atoms with van der Waals surface area (Å²) >= 11 is 0. The topological polar surface area (TPSA) is 237 Å². The summed E-state index contributed by atoms with van der Waals surface area (Å²) in [5.41, 5.74) is 0. The highest BCUT2D eigenvalue weighted by molar-refractivity contribution is 7.47. The lowest BCUT2D eigenvalue weighted by Gasteiger charge is -2.21. The maximum absolute atomic E-state index is 13.1. The number of aliphatic hydroxyl groups is 1. The van der Waals surface area contributed by atoms with Crippen LogP contribution < -0.4 is 0 Å². The zero-order valence-electron chi connectivity index (χ0n) is 61.6. The molecule has 17 nitrogen and oxygen atoms in total. The largest absolute Gasteiger partial charge is 0.472 e. The van der Waals surface area contributed by atoms with E-state index in [2.05, 4.69) is 64.2 Å². The molecule has 0 aromatic heterocycles. The monoisotopic (exact) mass is 1400 g/mol. The predicted molar refractivity (Wildman–Crippen MR) is 391 cm³/mol. The third-order valence-corrected chi connectivity index (χ3v) is 19.0. The minimum Gasteiger partial charge on any atom is -0.462 e. The van der Waals surface area contributed by atoms with Gasteiger partial charge in [-0.15, -0.1) is 0 Å². The maximum Gasteiger partial charge on any atom is 0.472 e. The average molecular weight is 1400 g/mol. The van der Waals surface area contributed by atoms with Gasteiger partial charge < -0.3 is 33.8 Å². The Morgan fingerprint density at radius 3 is 0.729 bits per heavy atom. The first-order chi connectivity index (χ1) is 46.7. The minimum absolute atomic E-state index is 0.0892. The fourth-order valence-electron chi connectivity index (χ4n) is 11.0. The summed E-state index contributed by atoms with van der Waals surface area (Å²) < 4.78 is 68.5. The van der Waals surface area contributed by atoms with Crippen LogP contribution in [0.25, 0.3) is 0 Å². The number of aliphatic hydroxyl groups excluding tert-OH is 1. The van der Waals surface area contributed by atoms with Gasteiger partial charge in [0, 0.05) is 25.7 Å². The van der Waals surface area contributed by atoms with Crippen molar-refractivity contribution in [2.45, 2.75) is 393 Å². The third kappa shape index (κ3) is 69.7. The van der Waals surface area contributed by atoms with Crippen LogP contribution in [0.5, 0.6) is 0 Å². The van der Waals surface area contributed by atoms with Crippen LogP contribution in [0.4, 0.5) is 0 Å². The van der Waals surface area contributed by atoms with Crippen LogP contribution in [-0.2, 0) is 65.4 Å². The van der Waals surface area contributed by atoms with Gasteiger partial charge in [0.1, 0.15) is 19.3 Å². The van der Waals surface area contributed by atoms with Crippen molar-refractivity contribution >= 4 is 39.5 Å². The molecule has 564 valence electrons. The van der Waals surface area contributed by atoms with E-state index >= 15 is 0 Å². The molecule has 0 saturated heterocycles. The van der Waals surface area contributed by atoms with Crippen LogP contribution in [0.15, 0.2) is 36.5 Å². The van der Waals surface area contributed by atoms with Gasteiger partial charge in [-0.25, -0.2) is 9.13 Å². The van der Waals surface area contributed by atoms with Crippen LogP contribution in [-0.4, -0.2) is 96.7 Å². The molecular weight excluding hydrogens is 1260 g/mol. The SMILES string of the molecule is CCCCCC/C=C\CCCCCCCC(=O)O[C@H](COC(=O)CCCCCCC/C=C\CCCCCCCC)COP(=O)(O)OC[C@@H](O)COP(=O)(O)OC[C@@H](COC(=O)CCCCCCCCCCCCCCC)OC(=O)CCCCCCC/C=C\CCCCCCCC. The van der Waals surface area contributed by atoms with E-state index in [1.165, 1.54) is 161 Å². The van der Waals surface area contributed by atoms with Crippen LogP contribution in [0.1, 0.15) is 374 Å². The van der Waals surface area contributed by atoms with Gasteiger partial charge in [-0.3, -0.25) is 37.3 Å². The molecule has 3 N–H and O–H groups in total. The lowest BCUT2D eigenvalue weighted by molar-refractivity contribution is -0.161. The fourth-order valence-corrected chi connectivity index (χ4v) is 12.6. The summed E-state index contributed by atoms with van der Waals surface area (Å²) in [7, 11) is -9.93. The highest BCUT2D eigenvalue weighted by Crippen LogP contribution is 2.45. The van der Waals surface area contributed by atoms with Gasteiger partial charge in [0.05, 0.1) is 26.4 Å². The third-order valence-electron chi connectivity index (χ3n) is 17.1. The van der Waals surface area contributed by atoms with Crippen molar-refractivity contribution < 1.29 is 80.2 Å². The second-order valence-electron chi connectivity index (χ2n) is 26.7. The molecule has 0 aliphatic carbocycles. The van der Waals surface area contributed by atoms with E-state index in [0.29, 0.717) is 25.7 Å². The Morgan fingerprint density at radius 2 is 0.479 bits per heavy atom. The molecule has 0 aromatic rings. The van der Waals surface area contributed by atoms with Gasteiger partial charge in [0.2, 0.25) is 0 Å². The molecular formula is C77H144O17P2. The van der Waals surface area contributed by atoms with E-state index in [1.807, 2.05) is 0 Å². The first-order valence-corrected chi connectivity index (χ1v) is 42.2. The van der Waals surface area contributed by atoms with Crippen LogP contribution in [0, 0.1) is 0 Å². The van der Waals surface area contributed by atoms with Crippen molar-refractivity contribution in [3.8, 4) is 0 Å². The summed E-state index contributed by atoms with van der Waals surface area (Å²) in [6.45, 7) is 4.90. The van der Waals surface area contributed by atoms with E-state index in [9.17, 15) is 43.2 Å². The standard InChI is InChI=1S/C77H144O17P2/c1-5-9-13-17-21-25-29-33-35-39-42-46-50-54-58-62-75(80)88-68-72(93-76(81)63-59-55-51-47-43-38-32-28-24-20-16-12-8-4)69-91-95(83,84)89-65-71(78)66-90-96(85,86)92-70-73(67-87-74(79)61-57-53-49-45-41-37-31-27-23-19-15-11-7-3)94-77(82)64-60-56-52-48-44-40-36-34-30-26-22-18-14-10-6-2/h28,32-36,71-73,78H,5-27,29-31,37-70H2,1-4H3,(H,83,84)(H,85,86)/b32-28-,35-33-,36-34-/t71-,72-,73-/m1/s1. The molecule has 0 fully saturated rings. The van der Waals surface area contributed by atoms with Gasteiger partial charge in [-0.2, -0.15) is 0 Å². The fraction of sp³-hybridized carbons (Fsp3) is 0.870. The summed E-state index contributed by atoms with van der Waals surface area (Å²) in [6, 6.07) is 0. The van der Waals surface area contributed by atoms with E-state index in [-0.39, 0.29) is 25.7 Å². The average Bonchev–Trinajstić information content (AvgIpc) is 1.14. The van der Waals surface area contributed by atoms with Crippen LogP contribution >= 0.6 is 15.6 Å². The molecule has 5 atom stereocenters. The van der Waals surface area contributed by atoms with Crippen LogP contribution in [0.3, 0.4) is 0 Å². The smallest absolute Gasteiger partial charge is 0.462 e. The number of unbranched alkanes of at least 4 members (excludes halogenated alkanes) is 43. The molecule has 0 bridgehead atoms. The number of allylic oxidation sites excluding steroid dienone is 6. The highest BCUT2D eigenvalue weighted by atomic mass is 31.2. The van der Waals surface area contributed by atoms with Crippen LogP contribution in [0.2, 0.25) is 0 Å². The first kappa shape index (κ1) is 93.3. The lowest BCUT2D eigenvalue weighted by Crippen LogP contribution is -2.30. The van der Waals surface area contributed by atoms with Gasteiger partial charge in [-0.05, 0) is 103 Å². The van der Waals surface area contributed by atoms with Gasteiger partial charge in [-0.1, -0.05) is 282 Å².